The number of likely N-dealkylation sites (tertiary alicyclic amines) is 1. The Hall–Kier alpha value is -0.610. The van der Waals surface area contributed by atoms with Crippen LogP contribution in [0.5, 0.6) is 0 Å². The molecule has 1 unspecified atom stereocenters. The van der Waals surface area contributed by atoms with Crippen molar-refractivity contribution in [1.82, 2.24) is 15.1 Å². The zero-order chi connectivity index (χ0) is 13.9. The average molecular weight is 267 g/mol. The van der Waals surface area contributed by atoms with Crippen molar-refractivity contribution in [3.63, 3.8) is 0 Å². The van der Waals surface area contributed by atoms with E-state index in [0.29, 0.717) is 5.91 Å². The summed E-state index contributed by atoms with van der Waals surface area (Å²) in [6.07, 6.45) is 4.31. The molecule has 4 nitrogen and oxygen atoms in total. The minimum atomic E-state index is 0.0715. The molecule has 2 heterocycles. The predicted molar refractivity (Wildman–Crippen MR) is 78.1 cm³/mol. The molecule has 2 fully saturated rings. The number of amides is 1. The normalized spacial score (nSPS) is 27.7. The van der Waals surface area contributed by atoms with E-state index in [1.165, 1.54) is 25.9 Å². The van der Waals surface area contributed by atoms with Crippen LogP contribution in [0.25, 0.3) is 0 Å². The van der Waals surface area contributed by atoms with Crippen molar-refractivity contribution in [2.24, 2.45) is 5.92 Å². The first-order valence-corrected chi connectivity index (χ1v) is 7.68. The number of rotatable bonds is 4. The summed E-state index contributed by atoms with van der Waals surface area (Å²) in [5.74, 6) is 1.16. The van der Waals surface area contributed by atoms with Gasteiger partial charge < -0.3 is 15.1 Å². The van der Waals surface area contributed by atoms with E-state index in [-0.39, 0.29) is 5.54 Å². The number of carbonyl (C=O) groups excluding carboxylic acids is 1. The number of piperazine rings is 1. The smallest absolute Gasteiger partial charge is 0.222 e. The minimum absolute atomic E-state index is 0.0715. The topological polar surface area (TPSA) is 35.6 Å². The highest BCUT2D eigenvalue weighted by Crippen LogP contribution is 2.21. The van der Waals surface area contributed by atoms with Gasteiger partial charge in [-0.25, -0.2) is 0 Å². The average Bonchev–Trinajstić information content (AvgIpc) is 2.73. The molecule has 110 valence electrons. The molecule has 2 aliphatic rings. The second-order valence-corrected chi connectivity index (χ2v) is 6.94. The van der Waals surface area contributed by atoms with Crippen molar-refractivity contribution in [2.75, 3.05) is 39.8 Å². The summed E-state index contributed by atoms with van der Waals surface area (Å²) in [7, 11) is 2.19. The lowest BCUT2D eigenvalue weighted by Gasteiger charge is -2.39. The molecule has 0 saturated carbocycles. The van der Waals surface area contributed by atoms with Gasteiger partial charge in [-0.1, -0.05) is 0 Å². The second-order valence-electron chi connectivity index (χ2n) is 6.94. The van der Waals surface area contributed by atoms with Gasteiger partial charge in [-0.05, 0) is 52.6 Å². The number of carbonyl (C=O) groups is 1. The van der Waals surface area contributed by atoms with Crippen LogP contribution in [0.15, 0.2) is 0 Å². The zero-order valence-corrected chi connectivity index (χ0v) is 12.7. The molecule has 1 atom stereocenters. The van der Waals surface area contributed by atoms with Crippen molar-refractivity contribution in [3.8, 4) is 0 Å². The molecule has 1 amide bonds. The van der Waals surface area contributed by atoms with Gasteiger partial charge in [-0.3, -0.25) is 4.79 Å². The Morgan fingerprint density at radius 1 is 1.37 bits per heavy atom. The van der Waals surface area contributed by atoms with E-state index < -0.39 is 0 Å². The van der Waals surface area contributed by atoms with Crippen molar-refractivity contribution in [3.05, 3.63) is 0 Å². The fourth-order valence-corrected chi connectivity index (χ4v) is 3.32. The summed E-state index contributed by atoms with van der Waals surface area (Å²) in [4.78, 5) is 16.6. The van der Waals surface area contributed by atoms with Crippen LogP contribution >= 0.6 is 0 Å². The highest BCUT2D eigenvalue weighted by molar-refractivity contribution is 5.76. The van der Waals surface area contributed by atoms with Crippen LogP contribution < -0.4 is 5.32 Å². The maximum atomic E-state index is 12.2. The van der Waals surface area contributed by atoms with Gasteiger partial charge in [0.1, 0.15) is 0 Å². The van der Waals surface area contributed by atoms with E-state index in [4.69, 9.17) is 0 Å². The Kier molecular flexibility index (Phi) is 4.85. The van der Waals surface area contributed by atoms with Gasteiger partial charge in [0, 0.05) is 38.1 Å². The molecule has 2 rings (SSSR count). The van der Waals surface area contributed by atoms with Crippen molar-refractivity contribution >= 4 is 5.91 Å². The maximum Gasteiger partial charge on any atom is 0.222 e. The molecule has 1 N–H and O–H groups in total. The van der Waals surface area contributed by atoms with E-state index in [1.807, 2.05) is 4.90 Å². The molecule has 0 radical (unpaired) electrons. The number of nitrogens with zero attached hydrogens (tertiary/aromatic N) is 2. The standard InChI is InChI=1S/C15H29N3O/c1-15(2)12-18(10-8-16-15)14(19)6-4-5-13-7-9-17(3)11-13/h13,16H,4-12H2,1-3H3. The largest absolute Gasteiger partial charge is 0.340 e. The van der Waals surface area contributed by atoms with Crippen LogP contribution in [0, 0.1) is 5.92 Å². The summed E-state index contributed by atoms with van der Waals surface area (Å²) in [6, 6.07) is 0. The fraction of sp³-hybridized carbons (Fsp3) is 0.933. The van der Waals surface area contributed by atoms with Gasteiger partial charge in [0.2, 0.25) is 5.91 Å². The van der Waals surface area contributed by atoms with E-state index in [1.54, 1.807) is 0 Å². The van der Waals surface area contributed by atoms with Crippen LogP contribution in [0.2, 0.25) is 0 Å². The van der Waals surface area contributed by atoms with E-state index in [9.17, 15) is 4.79 Å². The molecule has 0 aromatic rings. The number of hydrogen-bond donors (Lipinski definition) is 1. The van der Waals surface area contributed by atoms with Gasteiger partial charge in [0.25, 0.3) is 0 Å². The maximum absolute atomic E-state index is 12.2. The molecule has 2 aliphatic heterocycles. The van der Waals surface area contributed by atoms with Gasteiger partial charge in [0.15, 0.2) is 0 Å². The summed E-state index contributed by atoms with van der Waals surface area (Å²) < 4.78 is 0. The van der Waals surface area contributed by atoms with Crippen molar-refractivity contribution in [1.29, 1.82) is 0 Å². The Labute approximate surface area is 117 Å². The van der Waals surface area contributed by atoms with Gasteiger partial charge in [0.05, 0.1) is 0 Å². The molecule has 19 heavy (non-hydrogen) atoms. The molecule has 0 bridgehead atoms. The Morgan fingerprint density at radius 3 is 2.79 bits per heavy atom. The first-order chi connectivity index (χ1) is 8.96. The van der Waals surface area contributed by atoms with Crippen LogP contribution in [0.1, 0.15) is 39.5 Å². The summed E-state index contributed by atoms with van der Waals surface area (Å²) in [5.41, 5.74) is 0.0715. The van der Waals surface area contributed by atoms with Gasteiger partial charge in [-0.15, -0.1) is 0 Å². The summed E-state index contributed by atoms with van der Waals surface area (Å²) in [5, 5.41) is 3.45. The fourth-order valence-electron chi connectivity index (χ4n) is 3.32. The SMILES string of the molecule is CN1CCC(CCCC(=O)N2CCNC(C)(C)C2)C1. The summed E-state index contributed by atoms with van der Waals surface area (Å²) in [6.45, 7) is 9.42. The Morgan fingerprint density at radius 2 is 2.16 bits per heavy atom. The highest BCUT2D eigenvalue weighted by atomic mass is 16.2. The molecule has 4 heteroatoms. The first-order valence-electron chi connectivity index (χ1n) is 7.68. The lowest BCUT2D eigenvalue weighted by atomic mass is 9.99. The number of nitrogens with one attached hydrogen (secondary N) is 1. The van der Waals surface area contributed by atoms with E-state index >= 15 is 0 Å². The highest BCUT2D eigenvalue weighted by Gasteiger charge is 2.28. The lowest BCUT2D eigenvalue weighted by molar-refractivity contribution is -0.133. The minimum Gasteiger partial charge on any atom is -0.340 e. The predicted octanol–water partition coefficient (Wildman–Crippen LogP) is 1.32. The summed E-state index contributed by atoms with van der Waals surface area (Å²) >= 11 is 0. The van der Waals surface area contributed by atoms with Crippen LogP contribution in [-0.2, 0) is 4.79 Å². The molecule has 2 saturated heterocycles. The monoisotopic (exact) mass is 267 g/mol. The molecular formula is C15H29N3O. The third-order valence-electron chi connectivity index (χ3n) is 4.42. The second kappa shape index (κ2) is 6.23. The van der Waals surface area contributed by atoms with Gasteiger partial charge >= 0.3 is 0 Å². The van der Waals surface area contributed by atoms with Crippen LogP contribution in [-0.4, -0.2) is 61.0 Å². The molecule has 0 spiro atoms. The third kappa shape index (κ3) is 4.46. The van der Waals surface area contributed by atoms with Crippen molar-refractivity contribution in [2.45, 2.75) is 45.1 Å². The molecule has 0 aromatic carbocycles. The number of hydrogen-bond acceptors (Lipinski definition) is 3. The van der Waals surface area contributed by atoms with Crippen LogP contribution in [0.3, 0.4) is 0 Å². The zero-order valence-electron chi connectivity index (χ0n) is 12.7. The van der Waals surface area contributed by atoms with Crippen molar-refractivity contribution < 1.29 is 4.79 Å². The molecule has 0 aromatic heterocycles. The third-order valence-corrected chi connectivity index (χ3v) is 4.42. The quantitative estimate of drug-likeness (QED) is 0.834. The molecule has 0 aliphatic carbocycles. The van der Waals surface area contributed by atoms with Gasteiger partial charge in [-0.2, -0.15) is 0 Å². The van der Waals surface area contributed by atoms with E-state index in [2.05, 4.69) is 31.1 Å². The lowest BCUT2D eigenvalue weighted by Crippen LogP contribution is -2.58. The molecular weight excluding hydrogens is 238 g/mol. The first kappa shape index (κ1) is 14.8. The van der Waals surface area contributed by atoms with Crippen LogP contribution in [0.4, 0.5) is 0 Å². The Bertz CT molecular complexity index is 317. The van der Waals surface area contributed by atoms with E-state index in [0.717, 1.165) is 38.4 Å². The Balaban J connectivity index is 1.66.